The van der Waals surface area contributed by atoms with Gasteiger partial charge in [-0.25, -0.2) is 4.98 Å². The van der Waals surface area contributed by atoms with Gasteiger partial charge in [0.05, 0.1) is 17.2 Å². The van der Waals surface area contributed by atoms with Crippen molar-refractivity contribution < 1.29 is 9.53 Å². The quantitative estimate of drug-likeness (QED) is 0.691. The number of halogens is 1. The lowest BCUT2D eigenvalue weighted by Gasteiger charge is -2.17. The molecule has 1 aliphatic heterocycles. The highest BCUT2D eigenvalue weighted by Crippen LogP contribution is 2.28. The standard InChI is InChI=1S/C20H22N4O2.ClH/c1-14-5-3-4-6-18(14)26-13-19(25)24-10-8-15(12-24)20-22-16-7-9-21-11-17(16)23(20)2;/h3-7,9,11,15H,8,10,12-13H2,1-2H3;1H. The highest BCUT2D eigenvalue weighted by molar-refractivity contribution is 5.85. The lowest BCUT2D eigenvalue weighted by Crippen LogP contribution is -2.33. The molecule has 4 rings (SSSR count). The van der Waals surface area contributed by atoms with Crippen LogP contribution in [0.15, 0.2) is 42.7 Å². The van der Waals surface area contributed by atoms with E-state index < -0.39 is 0 Å². The van der Waals surface area contributed by atoms with Crippen LogP contribution in [0.25, 0.3) is 11.0 Å². The van der Waals surface area contributed by atoms with E-state index in [1.165, 1.54) is 0 Å². The summed E-state index contributed by atoms with van der Waals surface area (Å²) in [5, 5.41) is 0. The van der Waals surface area contributed by atoms with Gasteiger partial charge < -0.3 is 14.2 Å². The molecule has 7 heteroatoms. The SMILES string of the molecule is Cc1ccccc1OCC(=O)N1CCC(c2nc3ccncc3n2C)C1.Cl. The summed E-state index contributed by atoms with van der Waals surface area (Å²) in [6.45, 7) is 3.47. The summed E-state index contributed by atoms with van der Waals surface area (Å²) < 4.78 is 7.79. The van der Waals surface area contributed by atoms with E-state index in [0.717, 1.165) is 41.1 Å². The fourth-order valence-electron chi connectivity index (χ4n) is 3.57. The Bertz CT molecular complexity index is 956. The number of ether oxygens (including phenoxy) is 1. The first-order valence-electron chi connectivity index (χ1n) is 8.86. The number of aromatic nitrogens is 3. The van der Waals surface area contributed by atoms with Gasteiger partial charge >= 0.3 is 0 Å². The molecule has 1 saturated heterocycles. The Balaban J connectivity index is 0.00000210. The van der Waals surface area contributed by atoms with Gasteiger partial charge in [0.1, 0.15) is 11.6 Å². The molecule has 6 nitrogen and oxygen atoms in total. The number of para-hydroxylation sites is 1. The number of amides is 1. The Morgan fingerprint density at radius 2 is 2.11 bits per heavy atom. The molecule has 3 heterocycles. The molecule has 2 aromatic heterocycles. The van der Waals surface area contributed by atoms with E-state index in [0.29, 0.717) is 6.54 Å². The number of carbonyl (C=O) groups is 1. The maximum absolute atomic E-state index is 12.5. The number of rotatable bonds is 4. The summed E-state index contributed by atoms with van der Waals surface area (Å²) in [7, 11) is 2.01. The van der Waals surface area contributed by atoms with Crippen molar-refractivity contribution in [2.24, 2.45) is 7.05 Å². The van der Waals surface area contributed by atoms with E-state index in [4.69, 9.17) is 9.72 Å². The van der Waals surface area contributed by atoms with Crippen LogP contribution in [0.1, 0.15) is 23.7 Å². The van der Waals surface area contributed by atoms with Crippen LogP contribution in [0, 0.1) is 6.92 Å². The number of likely N-dealkylation sites (tertiary alicyclic amines) is 1. The predicted octanol–water partition coefficient (Wildman–Crippen LogP) is 3.09. The van der Waals surface area contributed by atoms with Crippen molar-refractivity contribution in [1.29, 1.82) is 0 Å². The van der Waals surface area contributed by atoms with E-state index in [-0.39, 0.29) is 30.8 Å². The molecule has 1 amide bonds. The number of pyridine rings is 1. The average Bonchev–Trinajstić information content (AvgIpc) is 3.26. The van der Waals surface area contributed by atoms with Crippen molar-refractivity contribution in [2.75, 3.05) is 19.7 Å². The van der Waals surface area contributed by atoms with Gasteiger partial charge in [0.25, 0.3) is 5.91 Å². The van der Waals surface area contributed by atoms with Crippen molar-refractivity contribution >= 4 is 29.3 Å². The lowest BCUT2D eigenvalue weighted by molar-refractivity contribution is -0.132. The minimum Gasteiger partial charge on any atom is -0.484 e. The van der Waals surface area contributed by atoms with Crippen LogP contribution in [0.4, 0.5) is 0 Å². The predicted molar refractivity (Wildman–Crippen MR) is 106 cm³/mol. The molecular formula is C20H23ClN4O2. The summed E-state index contributed by atoms with van der Waals surface area (Å²) in [4.78, 5) is 23.3. The zero-order chi connectivity index (χ0) is 18.1. The molecule has 1 aliphatic rings. The number of imidazole rings is 1. The molecule has 0 saturated carbocycles. The normalized spacial score (nSPS) is 16.4. The molecule has 1 atom stereocenters. The smallest absolute Gasteiger partial charge is 0.260 e. The molecule has 0 bridgehead atoms. The monoisotopic (exact) mass is 386 g/mol. The maximum atomic E-state index is 12.5. The second-order valence-corrected chi connectivity index (χ2v) is 6.77. The molecule has 142 valence electrons. The van der Waals surface area contributed by atoms with Crippen LogP contribution >= 0.6 is 12.4 Å². The van der Waals surface area contributed by atoms with Crippen molar-refractivity contribution in [3.8, 4) is 5.75 Å². The Hall–Kier alpha value is -2.60. The van der Waals surface area contributed by atoms with Gasteiger partial charge in [-0.3, -0.25) is 9.78 Å². The van der Waals surface area contributed by atoms with Crippen LogP contribution in [0.5, 0.6) is 5.75 Å². The largest absolute Gasteiger partial charge is 0.484 e. The van der Waals surface area contributed by atoms with Crippen molar-refractivity contribution in [2.45, 2.75) is 19.3 Å². The number of benzene rings is 1. The van der Waals surface area contributed by atoms with E-state index >= 15 is 0 Å². The van der Waals surface area contributed by atoms with E-state index in [9.17, 15) is 4.79 Å². The van der Waals surface area contributed by atoms with Gasteiger partial charge in [0, 0.05) is 32.3 Å². The first kappa shape index (κ1) is 19.2. The van der Waals surface area contributed by atoms with Crippen molar-refractivity contribution in [3.05, 3.63) is 54.1 Å². The summed E-state index contributed by atoms with van der Waals surface area (Å²) in [6, 6.07) is 9.67. The van der Waals surface area contributed by atoms with Crippen LogP contribution in [0.2, 0.25) is 0 Å². The molecule has 0 N–H and O–H groups in total. The van der Waals surface area contributed by atoms with Crippen LogP contribution in [0.3, 0.4) is 0 Å². The van der Waals surface area contributed by atoms with E-state index in [2.05, 4.69) is 9.55 Å². The van der Waals surface area contributed by atoms with E-state index in [1.807, 2.05) is 55.4 Å². The number of nitrogens with zero attached hydrogens (tertiary/aromatic N) is 4. The topological polar surface area (TPSA) is 60.2 Å². The first-order valence-corrected chi connectivity index (χ1v) is 8.86. The Labute approximate surface area is 164 Å². The molecule has 0 spiro atoms. The molecule has 3 aromatic rings. The minimum atomic E-state index is 0. The van der Waals surface area contributed by atoms with Crippen LogP contribution < -0.4 is 4.74 Å². The third-order valence-electron chi connectivity index (χ3n) is 5.07. The fraction of sp³-hybridized carbons (Fsp3) is 0.350. The number of hydrogen-bond acceptors (Lipinski definition) is 4. The number of hydrogen-bond donors (Lipinski definition) is 0. The molecule has 1 unspecified atom stereocenters. The molecule has 0 aliphatic carbocycles. The van der Waals surface area contributed by atoms with Gasteiger partial charge in [-0.1, -0.05) is 18.2 Å². The highest BCUT2D eigenvalue weighted by Gasteiger charge is 2.30. The van der Waals surface area contributed by atoms with Gasteiger partial charge in [0.2, 0.25) is 0 Å². The second-order valence-electron chi connectivity index (χ2n) is 6.77. The zero-order valence-electron chi connectivity index (χ0n) is 15.5. The van der Waals surface area contributed by atoms with Gasteiger partial charge in [-0.2, -0.15) is 0 Å². The minimum absolute atomic E-state index is 0. The second kappa shape index (κ2) is 7.96. The molecular weight excluding hydrogens is 364 g/mol. The number of fused-ring (bicyclic) bond motifs is 1. The Morgan fingerprint density at radius 3 is 2.89 bits per heavy atom. The molecule has 0 radical (unpaired) electrons. The third-order valence-corrected chi connectivity index (χ3v) is 5.07. The Morgan fingerprint density at radius 1 is 1.30 bits per heavy atom. The van der Waals surface area contributed by atoms with Crippen LogP contribution in [-0.4, -0.2) is 45.0 Å². The van der Waals surface area contributed by atoms with Crippen LogP contribution in [-0.2, 0) is 11.8 Å². The lowest BCUT2D eigenvalue weighted by atomic mass is 10.1. The molecule has 27 heavy (non-hydrogen) atoms. The van der Waals surface area contributed by atoms with Gasteiger partial charge in [0.15, 0.2) is 6.61 Å². The summed E-state index contributed by atoms with van der Waals surface area (Å²) in [5.74, 6) is 2.05. The van der Waals surface area contributed by atoms with Crippen molar-refractivity contribution in [1.82, 2.24) is 19.4 Å². The Kier molecular flexibility index (Phi) is 5.65. The summed E-state index contributed by atoms with van der Waals surface area (Å²) in [6.07, 6.45) is 4.51. The van der Waals surface area contributed by atoms with Gasteiger partial charge in [-0.15, -0.1) is 12.4 Å². The maximum Gasteiger partial charge on any atom is 0.260 e. The van der Waals surface area contributed by atoms with E-state index in [1.54, 1.807) is 6.20 Å². The first-order chi connectivity index (χ1) is 12.6. The zero-order valence-corrected chi connectivity index (χ0v) is 16.3. The third kappa shape index (κ3) is 3.76. The molecule has 1 aromatic carbocycles. The number of carbonyl (C=O) groups excluding carboxylic acids is 1. The fourth-order valence-corrected chi connectivity index (χ4v) is 3.57. The molecule has 1 fully saturated rings. The number of aryl methyl sites for hydroxylation is 2. The van der Waals surface area contributed by atoms with Gasteiger partial charge in [-0.05, 0) is 31.0 Å². The average molecular weight is 387 g/mol. The highest BCUT2D eigenvalue weighted by atomic mass is 35.5. The summed E-state index contributed by atoms with van der Waals surface area (Å²) in [5.41, 5.74) is 3.01. The summed E-state index contributed by atoms with van der Waals surface area (Å²) >= 11 is 0. The van der Waals surface area contributed by atoms with Crippen molar-refractivity contribution in [3.63, 3.8) is 0 Å².